The van der Waals surface area contributed by atoms with Crippen molar-refractivity contribution in [2.75, 3.05) is 19.0 Å². The molecule has 0 saturated carbocycles. The fraction of sp³-hybridized carbons (Fsp3) is 0.133. The average Bonchev–Trinajstić information content (AvgIpc) is 2.45. The van der Waals surface area contributed by atoms with Gasteiger partial charge in [0.1, 0.15) is 17.3 Å². The summed E-state index contributed by atoms with van der Waals surface area (Å²) >= 11 is 0. The second kappa shape index (κ2) is 6.56. The molecule has 0 aliphatic heterocycles. The first-order chi connectivity index (χ1) is 9.67. The molecule has 0 radical (unpaired) electrons. The summed E-state index contributed by atoms with van der Waals surface area (Å²) in [7, 11) is 1.55. The van der Waals surface area contributed by atoms with Gasteiger partial charge in [-0.05, 0) is 30.3 Å². The van der Waals surface area contributed by atoms with E-state index in [0.29, 0.717) is 17.2 Å². The van der Waals surface area contributed by atoms with Crippen LogP contribution in [-0.4, -0.2) is 19.6 Å². The van der Waals surface area contributed by atoms with Crippen LogP contribution in [0.2, 0.25) is 0 Å². The summed E-state index contributed by atoms with van der Waals surface area (Å²) in [4.78, 5) is 11.7. The molecule has 5 heteroatoms. The summed E-state index contributed by atoms with van der Waals surface area (Å²) < 4.78 is 23.3. The fourth-order valence-corrected chi connectivity index (χ4v) is 1.60. The van der Waals surface area contributed by atoms with Gasteiger partial charge in [-0.25, -0.2) is 4.39 Å². The fourth-order valence-electron chi connectivity index (χ4n) is 1.60. The zero-order chi connectivity index (χ0) is 14.4. The summed E-state index contributed by atoms with van der Waals surface area (Å²) in [6, 6.07) is 12.6. The number of amides is 1. The molecule has 0 aliphatic rings. The van der Waals surface area contributed by atoms with Crippen molar-refractivity contribution >= 4 is 11.6 Å². The number of nitrogens with one attached hydrogen (secondary N) is 1. The van der Waals surface area contributed by atoms with Gasteiger partial charge in [0.15, 0.2) is 6.61 Å². The molecule has 0 atom stereocenters. The van der Waals surface area contributed by atoms with Crippen LogP contribution in [0.4, 0.5) is 10.1 Å². The van der Waals surface area contributed by atoms with E-state index in [0.717, 1.165) is 0 Å². The zero-order valence-electron chi connectivity index (χ0n) is 10.9. The third-order valence-electron chi connectivity index (χ3n) is 2.52. The summed E-state index contributed by atoms with van der Waals surface area (Å²) in [6.07, 6.45) is 0. The predicted octanol–water partition coefficient (Wildman–Crippen LogP) is 2.85. The van der Waals surface area contributed by atoms with Gasteiger partial charge in [-0.2, -0.15) is 0 Å². The molecule has 2 rings (SSSR count). The van der Waals surface area contributed by atoms with Crippen molar-refractivity contribution in [1.82, 2.24) is 0 Å². The molecular formula is C15H14FNO3. The Kier molecular flexibility index (Phi) is 4.55. The third kappa shape index (κ3) is 3.98. The number of methoxy groups -OCH3 is 1. The smallest absolute Gasteiger partial charge is 0.262 e. The van der Waals surface area contributed by atoms with Crippen LogP contribution in [0.3, 0.4) is 0 Å². The lowest BCUT2D eigenvalue weighted by Gasteiger charge is -2.08. The maximum Gasteiger partial charge on any atom is 0.262 e. The second-order valence-electron chi connectivity index (χ2n) is 4.03. The molecule has 0 heterocycles. The monoisotopic (exact) mass is 275 g/mol. The summed E-state index contributed by atoms with van der Waals surface area (Å²) in [5.41, 5.74) is 0.393. The molecule has 0 aliphatic carbocycles. The van der Waals surface area contributed by atoms with Crippen molar-refractivity contribution in [3.8, 4) is 11.5 Å². The van der Waals surface area contributed by atoms with E-state index in [1.165, 1.54) is 18.2 Å². The quantitative estimate of drug-likeness (QED) is 0.912. The molecule has 0 bridgehead atoms. The largest absolute Gasteiger partial charge is 0.497 e. The van der Waals surface area contributed by atoms with E-state index >= 15 is 0 Å². The lowest BCUT2D eigenvalue weighted by molar-refractivity contribution is -0.118. The number of carbonyl (C=O) groups excluding carboxylic acids is 1. The number of anilines is 1. The van der Waals surface area contributed by atoms with Crippen molar-refractivity contribution in [3.63, 3.8) is 0 Å². The standard InChI is InChI=1S/C15H14FNO3/c1-19-13-6-3-7-14(9-13)20-10-15(18)17-12-5-2-4-11(16)8-12/h2-9H,10H2,1H3,(H,17,18). The Morgan fingerprint density at radius 3 is 2.65 bits per heavy atom. The van der Waals surface area contributed by atoms with Crippen LogP contribution >= 0.6 is 0 Å². The SMILES string of the molecule is COc1cccc(OCC(=O)Nc2cccc(F)c2)c1. The molecular weight excluding hydrogens is 261 g/mol. The van der Waals surface area contributed by atoms with Crippen molar-refractivity contribution < 1.29 is 18.7 Å². The van der Waals surface area contributed by atoms with Crippen LogP contribution in [0.15, 0.2) is 48.5 Å². The van der Waals surface area contributed by atoms with Crippen molar-refractivity contribution in [1.29, 1.82) is 0 Å². The normalized spacial score (nSPS) is 9.90. The van der Waals surface area contributed by atoms with Gasteiger partial charge in [-0.3, -0.25) is 4.79 Å². The maximum absolute atomic E-state index is 13.0. The summed E-state index contributed by atoms with van der Waals surface area (Å²) in [5, 5.41) is 2.55. The molecule has 0 aromatic heterocycles. The molecule has 1 N–H and O–H groups in total. The third-order valence-corrected chi connectivity index (χ3v) is 2.52. The predicted molar refractivity (Wildman–Crippen MR) is 73.5 cm³/mol. The van der Waals surface area contributed by atoms with E-state index in [1.54, 1.807) is 37.4 Å². The Morgan fingerprint density at radius 1 is 1.15 bits per heavy atom. The number of rotatable bonds is 5. The highest BCUT2D eigenvalue weighted by Gasteiger charge is 2.05. The van der Waals surface area contributed by atoms with Gasteiger partial charge in [0.25, 0.3) is 5.91 Å². The van der Waals surface area contributed by atoms with Crippen molar-refractivity contribution in [2.24, 2.45) is 0 Å². The second-order valence-corrected chi connectivity index (χ2v) is 4.03. The van der Waals surface area contributed by atoms with E-state index < -0.39 is 5.82 Å². The van der Waals surface area contributed by atoms with E-state index in [2.05, 4.69) is 5.32 Å². The Bertz CT molecular complexity index is 601. The van der Waals surface area contributed by atoms with Crippen LogP contribution in [0.5, 0.6) is 11.5 Å². The topological polar surface area (TPSA) is 47.6 Å². The molecule has 2 aromatic carbocycles. The Hall–Kier alpha value is -2.56. The molecule has 20 heavy (non-hydrogen) atoms. The van der Waals surface area contributed by atoms with Gasteiger partial charge in [0.2, 0.25) is 0 Å². The van der Waals surface area contributed by atoms with Crippen LogP contribution in [-0.2, 0) is 4.79 Å². The number of ether oxygens (including phenoxy) is 2. The Balaban J connectivity index is 1.88. The first kappa shape index (κ1) is 13.9. The number of carbonyl (C=O) groups is 1. The molecule has 0 spiro atoms. The molecule has 4 nitrogen and oxygen atoms in total. The zero-order valence-corrected chi connectivity index (χ0v) is 10.9. The van der Waals surface area contributed by atoms with Crippen LogP contribution in [0.25, 0.3) is 0 Å². The highest BCUT2D eigenvalue weighted by molar-refractivity contribution is 5.91. The minimum absolute atomic E-state index is 0.163. The highest BCUT2D eigenvalue weighted by Crippen LogP contribution is 2.18. The molecule has 1 amide bonds. The molecule has 0 fully saturated rings. The number of benzene rings is 2. The lowest BCUT2D eigenvalue weighted by atomic mass is 10.3. The van der Waals surface area contributed by atoms with E-state index in [1.807, 2.05) is 0 Å². The minimum Gasteiger partial charge on any atom is -0.497 e. The van der Waals surface area contributed by atoms with E-state index in [-0.39, 0.29) is 12.5 Å². The Morgan fingerprint density at radius 2 is 1.90 bits per heavy atom. The van der Waals surface area contributed by atoms with Gasteiger partial charge in [-0.15, -0.1) is 0 Å². The van der Waals surface area contributed by atoms with Crippen molar-refractivity contribution in [3.05, 3.63) is 54.3 Å². The molecule has 0 unspecified atom stereocenters. The van der Waals surface area contributed by atoms with Gasteiger partial charge in [0, 0.05) is 11.8 Å². The summed E-state index contributed by atoms with van der Waals surface area (Å²) in [6.45, 7) is -0.163. The molecule has 0 saturated heterocycles. The maximum atomic E-state index is 13.0. The lowest BCUT2D eigenvalue weighted by Crippen LogP contribution is -2.20. The Labute approximate surface area is 116 Å². The number of hydrogen-bond acceptors (Lipinski definition) is 3. The molecule has 104 valence electrons. The van der Waals surface area contributed by atoms with Gasteiger partial charge >= 0.3 is 0 Å². The molecule has 2 aromatic rings. The average molecular weight is 275 g/mol. The summed E-state index contributed by atoms with van der Waals surface area (Å²) in [5.74, 6) is 0.404. The first-order valence-electron chi connectivity index (χ1n) is 5.99. The van der Waals surface area contributed by atoms with Crippen LogP contribution in [0.1, 0.15) is 0 Å². The number of hydrogen-bond donors (Lipinski definition) is 1. The van der Waals surface area contributed by atoms with Crippen LogP contribution in [0, 0.1) is 5.82 Å². The minimum atomic E-state index is -0.406. The highest BCUT2D eigenvalue weighted by atomic mass is 19.1. The number of halogens is 1. The van der Waals surface area contributed by atoms with E-state index in [9.17, 15) is 9.18 Å². The van der Waals surface area contributed by atoms with Gasteiger partial charge in [-0.1, -0.05) is 12.1 Å². The van der Waals surface area contributed by atoms with Gasteiger partial charge < -0.3 is 14.8 Å². The van der Waals surface area contributed by atoms with Crippen molar-refractivity contribution in [2.45, 2.75) is 0 Å². The van der Waals surface area contributed by atoms with Crippen LogP contribution < -0.4 is 14.8 Å². The van der Waals surface area contributed by atoms with Gasteiger partial charge in [0.05, 0.1) is 7.11 Å². The first-order valence-corrected chi connectivity index (χ1v) is 5.99. The van der Waals surface area contributed by atoms with E-state index in [4.69, 9.17) is 9.47 Å².